The van der Waals surface area contributed by atoms with Crippen molar-refractivity contribution < 1.29 is 14.5 Å². The molecule has 1 aromatic rings. The van der Waals surface area contributed by atoms with Crippen molar-refractivity contribution in [2.45, 2.75) is 78.2 Å². The molecular formula is C17H30N2O2. The largest absolute Gasteiger partial charge is 0.546 e. The first-order valence-electron chi connectivity index (χ1n) is 8.30. The van der Waals surface area contributed by atoms with Crippen LogP contribution in [-0.4, -0.2) is 10.5 Å². The zero-order chi connectivity index (χ0) is 15.7. The minimum Gasteiger partial charge on any atom is -0.546 e. The van der Waals surface area contributed by atoms with Crippen LogP contribution in [0.2, 0.25) is 0 Å². The lowest BCUT2D eigenvalue weighted by molar-refractivity contribution is -0.697. The summed E-state index contributed by atoms with van der Waals surface area (Å²) < 4.78 is 3.90. The standard InChI is InChI=1S/C17H30N2O2/c1-4-5-6-7-8-9-10-11-12-16-18(3)15(2)13-19(16)14-17(20)21/h13H,4-12,14H2,1-3H3. The van der Waals surface area contributed by atoms with Crippen molar-refractivity contribution in [1.82, 2.24) is 4.57 Å². The maximum Gasteiger partial charge on any atom is 0.256 e. The second-order valence-electron chi connectivity index (χ2n) is 5.97. The third-order valence-electron chi connectivity index (χ3n) is 4.14. The molecule has 0 spiro atoms. The Bertz CT molecular complexity index is 438. The molecule has 4 nitrogen and oxygen atoms in total. The average Bonchev–Trinajstić information content (AvgIpc) is 2.68. The van der Waals surface area contributed by atoms with E-state index >= 15 is 0 Å². The van der Waals surface area contributed by atoms with Crippen molar-refractivity contribution >= 4 is 5.97 Å². The van der Waals surface area contributed by atoms with E-state index in [-0.39, 0.29) is 6.54 Å². The first-order valence-corrected chi connectivity index (χ1v) is 8.30. The van der Waals surface area contributed by atoms with Gasteiger partial charge in [-0.25, -0.2) is 9.13 Å². The monoisotopic (exact) mass is 294 g/mol. The van der Waals surface area contributed by atoms with Gasteiger partial charge < -0.3 is 9.90 Å². The molecule has 1 rings (SSSR count). The summed E-state index contributed by atoms with van der Waals surface area (Å²) in [6.07, 6.45) is 13.2. The van der Waals surface area contributed by atoms with Gasteiger partial charge in [0.2, 0.25) is 0 Å². The number of carbonyl (C=O) groups is 1. The number of imidazole rings is 1. The summed E-state index contributed by atoms with van der Waals surface area (Å²) in [7, 11) is 2.00. The average molecular weight is 294 g/mol. The summed E-state index contributed by atoms with van der Waals surface area (Å²) in [6, 6.07) is 0. The number of nitrogens with zero attached hydrogens (tertiary/aromatic N) is 2. The van der Waals surface area contributed by atoms with E-state index in [1.165, 1.54) is 44.9 Å². The van der Waals surface area contributed by atoms with Gasteiger partial charge >= 0.3 is 0 Å². The summed E-state index contributed by atoms with van der Waals surface area (Å²) in [5.41, 5.74) is 1.09. The van der Waals surface area contributed by atoms with Crippen LogP contribution in [0.15, 0.2) is 6.20 Å². The van der Waals surface area contributed by atoms with Crippen molar-refractivity contribution in [3.8, 4) is 0 Å². The third-order valence-corrected chi connectivity index (χ3v) is 4.14. The molecule has 0 N–H and O–H groups in total. The summed E-state index contributed by atoms with van der Waals surface area (Å²) >= 11 is 0. The number of carbonyl (C=O) groups excluding carboxylic acids is 1. The van der Waals surface area contributed by atoms with Gasteiger partial charge in [-0.05, 0) is 6.42 Å². The molecule has 4 heteroatoms. The lowest BCUT2D eigenvalue weighted by Gasteiger charge is -2.04. The van der Waals surface area contributed by atoms with Crippen molar-refractivity contribution in [2.24, 2.45) is 7.05 Å². The number of carboxylic acid groups (broad SMARTS) is 1. The molecule has 0 saturated carbocycles. The minimum atomic E-state index is -1.03. The summed E-state index contributed by atoms with van der Waals surface area (Å²) in [6.45, 7) is 4.20. The van der Waals surface area contributed by atoms with Crippen molar-refractivity contribution in [2.75, 3.05) is 0 Å². The van der Waals surface area contributed by atoms with E-state index in [1.807, 2.05) is 24.7 Å². The van der Waals surface area contributed by atoms with Crippen molar-refractivity contribution in [3.05, 3.63) is 17.7 Å². The van der Waals surface area contributed by atoms with E-state index in [0.717, 1.165) is 24.4 Å². The van der Waals surface area contributed by atoms with Gasteiger partial charge in [-0.2, -0.15) is 0 Å². The van der Waals surface area contributed by atoms with Gasteiger partial charge in [0.1, 0.15) is 18.4 Å². The molecule has 0 saturated heterocycles. The van der Waals surface area contributed by atoms with Gasteiger partial charge in [0.15, 0.2) is 0 Å². The molecule has 0 fully saturated rings. The quantitative estimate of drug-likeness (QED) is 0.463. The van der Waals surface area contributed by atoms with Crippen LogP contribution in [0.5, 0.6) is 0 Å². The molecule has 0 aliphatic heterocycles. The highest BCUT2D eigenvalue weighted by atomic mass is 16.4. The molecule has 21 heavy (non-hydrogen) atoms. The number of hydrogen-bond donors (Lipinski definition) is 0. The molecule has 0 amide bonds. The van der Waals surface area contributed by atoms with Gasteiger partial charge in [-0.3, -0.25) is 0 Å². The Kier molecular flexibility index (Phi) is 8.09. The van der Waals surface area contributed by atoms with Gasteiger partial charge in [0, 0.05) is 13.3 Å². The van der Waals surface area contributed by atoms with E-state index in [9.17, 15) is 9.90 Å². The van der Waals surface area contributed by atoms with Crippen LogP contribution in [0.4, 0.5) is 0 Å². The van der Waals surface area contributed by atoms with E-state index < -0.39 is 5.97 Å². The van der Waals surface area contributed by atoms with Gasteiger partial charge in [0.05, 0.1) is 13.0 Å². The Morgan fingerprint density at radius 2 is 1.71 bits per heavy atom. The van der Waals surface area contributed by atoms with E-state index in [0.29, 0.717) is 0 Å². The molecule has 1 heterocycles. The molecule has 0 unspecified atom stereocenters. The second kappa shape index (κ2) is 9.59. The molecule has 0 atom stereocenters. The van der Waals surface area contributed by atoms with Gasteiger partial charge in [-0.15, -0.1) is 0 Å². The first kappa shape index (κ1) is 17.7. The van der Waals surface area contributed by atoms with Crippen molar-refractivity contribution in [1.29, 1.82) is 0 Å². The predicted molar refractivity (Wildman–Crippen MR) is 81.7 cm³/mol. The normalized spacial score (nSPS) is 11.0. The molecule has 1 aromatic heterocycles. The Morgan fingerprint density at radius 3 is 2.29 bits per heavy atom. The Balaban J connectivity index is 2.32. The van der Waals surface area contributed by atoms with Crippen LogP contribution in [-0.2, 0) is 24.8 Å². The number of aromatic nitrogens is 2. The Hall–Kier alpha value is -1.32. The SMILES string of the molecule is CCCCCCCCCCc1n(C)c(C)c[n+]1CC(=O)[O-]. The molecule has 0 bridgehead atoms. The summed E-state index contributed by atoms with van der Waals surface area (Å²) in [5.74, 6) is 0.0606. The molecule has 0 aromatic carbocycles. The smallest absolute Gasteiger partial charge is 0.256 e. The molecular weight excluding hydrogens is 264 g/mol. The highest BCUT2D eigenvalue weighted by Gasteiger charge is 2.17. The lowest BCUT2D eigenvalue weighted by Crippen LogP contribution is -2.45. The van der Waals surface area contributed by atoms with Crippen LogP contribution in [0.25, 0.3) is 0 Å². The van der Waals surface area contributed by atoms with Gasteiger partial charge in [0.25, 0.3) is 5.82 Å². The molecule has 0 radical (unpaired) electrons. The number of hydrogen-bond acceptors (Lipinski definition) is 2. The van der Waals surface area contributed by atoms with Crippen LogP contribution >= 0.6 is 0 Å². The summed E-state index contributed by atoms with van der Waals surface area (Å²) in [5, 5.41) is 10.8. The number of rotatable bonds is 11. The fourth-order valence-electron chi connectivity index (χ4n) is 2.79. The van der Waals surface area contributed by atoms with Gasteiger partial charge in [-0.1, -0.05) is 51.9 Å². The number of unbranched alkanes of at least 4 members (excludes halogenated alkanes) is 7. The zero-order valence-corrected chi connectivity index (χ0v) is 13.9. The third kappa shape index (κ3) is 6.32. The Labute approximate surface area is 128 Å². The zero-order valence-electron chi connectivity index (χ0n) is 13.9. The topological polar surface area (TPSA) is 48.9 Å². The first-order chi connectivity index (χ1) is 10.1. The minimum absolute atomic E-state index is 0.0476. The van der Waals surface area contributed by atoms with E-state index in [1.54, 1.807) is 0 Å². The maximum absolute atomic E-state index is 10.8. The highest BCUT2D eigenvalue weighted by Crippen LogP contribution is 2.10. The fourth-order valence-corrected chi connectivity index (χ4v) is 2.79. The number of carboxylic acids is 1. The van der Waals surface area contributed by atoms with Crippen molar-refractivity contribution in [3.63, 3.8) is 0 Å². The Morgan fingerprint density at radius 1 is 1.14 bits per heavy atom. The summed E-state index contributed by atoms with van der Waals surface area (Å²) in [4.78, 5) is 10.8. The van der Waals surface area contributed by atoms with Crippen LogP contribution in [0.3, 0.4) is 0 Å². The van der Waals surface area contributed by atoms with E-state index in [2.05, 4.69) is 11.5 Å². The van der Waals surface area contributed by atoms with E-state index in [4.69, 9.17) is 0 Å². The highest BCUT2D eigenvalue weighted by molar-refractivity contribution is 5.62. The number of aryl methyl sites for hydroxylation is 1. The lowest BCUT2D eigenvalue weighted by atomic mass is 10.1. The fraction of sp³-hybridized carbons (Fsp3) is 0.765. The number of aliphatic carboxylic acids is 1. The predicted octanol–water partition coefficient (Wildman–Crippen LogP) is 2.05. The molecule has 0 aliphatic rings. The van der Waals surface area contributed by atoms with Crippen LogP contribution in [0, 0.1) is 6.92 Å². The maximum atomic E-state index is 10.8. The molecule has 0 aliphatic carbocycles. The second-order valence-corrected chi connectivity index (χ2v) is 5.97. The molecule has 120 valence electrons. The van der Waals surface area contributed by atoms with Crippen LogP contribution in [0.1, 0.15) is 69.8 Å². The van der Waals surface area contributed by atoms with Crippen LogP contribution < -0.4 is 9.67 Å².